The van der Waals surface area contributed by atoms with E-state index in [0.717, 1.165) is 0 Å². The fourth-order valence-electron chi connectivity index (χ4n) is 3.26. The minimum absolute atomic E-state index is 0.203. The average Bonchev–Trinajstić information content (AvgIpc) is 2.49. The highest BCUT2D eigenvalue weighted by atomic mass is 15.4. The monoisotopic (exact) mass is 260 g/mol. The van der Waals surface area contributed by atoms with Crippen LogP contribution in [0.3, 0.4) is 0 Å². The van der Waals surface area contributed by atoms with Gasteiger partial charge in [-0.05, 0) is 23.1 Å². The molecule has 1 atom stereocenters. The Morgan fingerprint density at radius 2 is 1.37 bits per heavy atom. The lowest BCUT2D eigenvalue weighted by molar-refractivity contribution is 0.317. The molecule has 1 unspecified atom stereocenters. The molecule has 1 heterocycles. The lowest BCUT2D eigenvalue weighted by Crippen LogP contribution is -2.48. The van der Waals surface area contributed by atoms with Crippen LogP contribution in [0, 0.1) is 5.41 Å². The standard InChI is InChI=1S/C17H28N2/c1-16(2,3)12-9-10-13-14(11-12)19(8)15(18(13)7)17(4,5)6/h9-11,15H,1-8H3. The molecule has 1 aliphatic rings. The topological polar surface area (TPSA) is 6.48 Å². The molecule has 2 nitrogen and oxygen atoms in total. The van der Waals surface area contributed by atoms with Gasteiger partial charge in [0.1, 0.15) is 6.17 Å². The zero-order valence-electron chi connectivity index (χ0n) is 13.7. The van der Waals surface area contributed by atoms with Gasteiger partial charge in [-0.25, -0.2) is 0 Å². The molecule has 0 N–H and O–H groups in total. The highest BCUT2D eigenvalue weighted by Gasteiger charge is 2.39. The second kappa shape index (κ2) is 4.16. The van der Waals surface area contributed by atoms with Crippen LogP contribution in [0.1, 0.15) is 47.1 Å². The van der Waals surface area contributed by atoms with E-state index in [9.17, 15) is 0 Å². The molecule has 0 amide bonds. The predicted octanol–water partition coefficient (Wildman–Crippen LogP) is 4.24. The Labute approximate surface area is 118 Å². The van der Waals surface area contributed by atoms with E-state index in [4.69, 9.17) is 0 Å². The smallest absolute Gasteiger partial charge is 0.106 e. The van der Waals surface area contributed by atoms with Crippen LogP contribution in [0.15, 0.2) is 18.2 Å². The molecule has 0 bridgehead atoms. The molecular formula is C17H28N2. The van der Waals surface area contributed by atoms with Gasteiger partial charge < -0.3 is 9.80 Å². The van der Waals surface area contributed by atoms with Crippen molar-refractivity contribution in [1.29, 1.82) is 0 Å². The summed E-state index contributed by atoms with van der Waals surface area (Å²) in [6.07, 6.45) is 0.415. The maximum absolute atomic E-state index is 2.42. The zero-order chi connectivity index (χ0) is 14.6. The van der Waals surface area contributed by atoms with Crippen LogP contribution in [0.25, 0.3) is 0 Å². The van der Waals surface area contributed by atoms with Crippen LogP contribution < -0.4 is 9.80 Å². The molecular weight excluding hydrogens is 232 g/mol. The van der Waals surface area contributed by atoms with Crippen molar-refractivity contribution in [3.8, 4) is 0 Å². The van der Waals surface area contributed by atoms with Crippen molar-refractivity contribution in [1.82, 2.24) is 0 Å². The third-order valence-electron chi connectivity index (χ3n) is 4.11. The largest absolute Gasteiger partial charge is 0.352 e. The van der Waals surface area contributed by atoms with Crippen LogP contribution in [0.4, 0.5) is 11.4 Å². The number of anilines is 2. The van der Waals surface area contributed by atoms with Gasteiger partial charge in [0.2, 0.25) is 0 Å². The summed E-state index contributed by atoms with van der Waals surface area (Å²) in [5.74, 6) is 0. The maximum atomic E-state index is 2.42. The van der Waals surface area contributed by atoms with Gasteiger partial charge in [-0.3, -0.25) is 0 Å². The van der Waals surface area contributed by atoms with Crippen molar-refractivity contribution >= 4 is 11.4 Å². The summed E-state index contributed by atoms with van der Waals surface area (Å²) in [5, 5.41) is 0. The molecule has 0 saturated carbocycles. The molecule has 1 aromatic rings. The lowest BCUT2D eigenvalue weighted by atomic mass is 9.86. The van der Waals surface area contributed by atoms with Gasteiger partial charge in [-0.1, -0.05) is 47.6 Å². The zero-order valence-corrected chi connectivity index (χ0v) is 13.7. The number of hydrogen-bond acceptors (Lipinski definition) is 2. The number of benzene rings is 1. The van der Waals surface area contributed by atoms with Crippen LogP contribution in [-0.4, -0.2) is 20.3 Å². The van der Waals surface area contributed by atoms with E-state index in [1.165, 1.54) is 16.9 Å². The fourth-order valence-corrected chi connectivity index (χ4v) is 3.26. The van der Waals surface area contributed by atoms with E-state index in [2.05, 4.69) is 83.6 Å². The van der Waals surface area contributed by atoms with Crippen LogP contribution in [0.2, 0.25) is 0 Å². The van der Waals surface area contributed by atoms with Gasteiger partial charge in [-0.2, -0.15) is 0 Å². The summed E-state index contributed by atoms with van der Waals surface area (Å²) in [7, 11) is 4.42. The Bertz CT molecular complexity index is 477. The van der Waals surface area contributed by atoms with Crippen LogP contribution in [-0.2, 0) is 5.41 Å². The van der Waals surface area contributed by atoms with E-state index >= 15 is 0 Å². The lowest BCUT2D eigenvalue weighted by Gasteiger charge is -2.38. The summed E-state index contributed by atoms with van der Waals surface area (Å²) in [4.78, 5) is 4.83. The molecule has 0 fully saturated rings. The van der Waals surface area contributed by atoms with Gasteiger partial charge in [0.05, 0.1) is 11.4 Å². The van der Waals surface area contributed by atoms with Crippen molar-refractivity contribution in [2.45, 2.75) is 53.1 Å². The maximum Gasteiger partial charge on any atom is 0.106 e. The summed E-state index contributed by atoms with van der Waals surface area (Å²) in [5.41, 5.74) is 4.53. The van der Waals surface area contributed by atoms with Crippen molar-refractivity contribution in [3.05, 3.63) is 23.8 Å². The van der Waals surface area contributed by atoms with E-state index in [-0.39, 0.29) is 10.8 Å². The third kappa shape index (κ3) is 2.33. The van der Waals surface area contributed by atoms with Gasteiger partial charge in [0.25, 0.3) is 0 Å². The van der Waals surface area contributed by atoms with Gasteiger partial charge in [0, 0.05) is 19.5 Å². The number of rotatable bonds is 0. The molecule has 0 spiro atoms. The van der Waals surface area contributed by atoms with E-state index in [1.54, 1.807) is 0 Å². The Balaban J connectivity index is 2.48. The first-order chi connectivity index (χ1) is 8.53. The van der Waals surface area contributed by atoms with Gasteiger partial charge >= 0.3 is 0 Å². The molecule has 1 aliphatic heterocycles. The third-order valence-corrected chi connectivity index (χ3v) is 4.11. The first-order valence-corrected chi connectivity index (χ1v) is 7.13. The van der Waals surface area contributed by atoms with Gasteiger partial charge in [-0.15, -0.1) is 0 Å². The van der Waals surface area contributed by atoms with E-state index < -0.39 is 0 Å². The van der Waals surface area contributed by atoms with Crippen molar-refractivity contribution in [2.24, 2.45) is 5.41 Å². The second-order valence-electron chi connectivity index (χ2n) is 7.91. The predicted molar refractivity (Wildman–Crippen MR) is 85.2 cm³/mol. The average molecular weight is 260 g/mol. The normalized spacial score (nSPS) is 19.9. The molecule has 0 aromatic heterocycles. The molecule has 2 rings (SSSR count). The highest BCUT2D eigenvalue weighted by Crippen LogP contribution is 2.44. The fraction of sp³-hybridized carbons (Fsp3) is 0.647. The quantitative estimate of drug-likeness (QED) is 0.688. The Hall–Kier alpha value is -1.18. The summed E-state index contributed by atoms with van der Waals surface area (Å²) < 4.78 is 0. The first kappa shape index (κ1) is 14.2. The molecule has 106 valence electrons. The minimum atomic E-state index is 0.203. The Morgan fingerprint density at radius 1 is 0.842 bits per heavy atom. The number of hydrogen-bond donors (Lipinski definition) is 0. The molecule has 0 radical (unpaired) electrons. The molecule has 1 aromatic carbocycles. The molecule has 2 heteroatoms. The van der Waals surface area contributed by atoms with Crippen LogP contribution >= 0.6 is 0 Å². The molecule has 0 saturated heterocycles. The molecule has 19 heavy (non-hydrogen) atoms. The Morgan fingerprint density at radius 3 is 1.84 bits per heavy atom. The van der Waals surface area contributed by atoms with Crippen molar-refractivity contribution < 1.29 is 0 Å². The summed E-state index contributed by atoms with van der Waals surface area (Å²) >= 11 is 0. The first-order valence-electron chi connectivity index (χ1n) is 7.13. The van der Waals surface area contributed by atoms with Crippen molar-refractivity contribution in [2.75, 3.05) is 23.9 Å². The summed E-state index contributed by atoms with van der Waals surface area (Å²) in [6, 6.07) is 6.91. The molecule has 0 aliphatic carbocycles. The van der Waals surface area contributed by atoms with Crippen LogP contribution in [0.5, 0.6) is 0 Å². The second-order valence-corrected chi connectivity index (χ2v) is 7.91. The summed E-state index contributed by atoms with van der Waals surface area (Å²) in [6.45, 7) is 13.7. The minimum Gasteiger partial charge on any atom is -0.352 e. The number of fused-ring (bicyclic) bond motifs is 1. The van der Waals surface area contributed by atoms with E-state index in [0.29, 0.717) is 6.17 Å². The highest BCUT2D eigenvalue weighted by molar-refractivity contribution is 5.78. The van der Waals surface area contributed by atoms with E-state index in [1.807, 2.05) is 0 Å². The number of nitrogens with zero attached hydrogens (tertiary/aromatic N) is 2. The van der Waals surface area contributed by atoms with Crippen molar-refractivity contribution in [3.63, 3.8) is 0 Å². The SMILES string of the molecule is CN1c2ccc(C(C)(C)C)cc2N(C)C1C(C)(C)C. The Kier molecular flexibility index (Phi) is 3.11. The van der Waals surface area contributed by atoms with Gasteiger partial charge in [0.15, 0.2) is 0 Å².